The second kappa shape index (κ2) is 15.6. The smallest absolute Gasteiger partial charge is 0.318 e. The van der Waals surface area contributed by atoms with Crippen molar-refractivity contribution in [1.29, 1.82) is 0 Å². The zero-order valence-electron chi connectivity index (χ0n) is 33.4. The first-order chi connectivity index (χ1) is 28.5. The van der Waals surface area contributed by atoms with Crippen molar-refractivity contribution in [3.05, 3.63) is 60.8 Å². The number of hydrogen-bond acceptors (Lipinski definition) is 9. The summed E-state index contributed by atoms with van der Waals surface area (Å²) in [7, 11) is -3.90. The summed E-state index contributed by atoms with van der Waals surface area (Å²) in [6.07, 6.45) is 12.9. The van der Waals surface area contributed by atoms with Gasteiger partial charge in [-0.1, -0.05) is 49.3 Å². The fourth-order valence-electron chi connectivity index (χ4n) is 9.77. The van der Waals surface area contributed by atoms with E-state index in [-0.39, 0.29) is 37.4 Å². The second-order valence-electron chi connectivity index (χ2n) is 17.3. The van der Waals surface area contributed by atoms with Crippen LogP contribution in [-0.2, 0) is 35.7 Å². The zero-order valence-corrected chi connectivity index (χ0v) is 34.3. The molecule has 9 rings (SSSR count). The molecule has 5 fully saturated rings. The summed E-state index contributed by atoms with van der Waals surface area (Å²) in [6.45, 7) is 7.74. The molecule has 59 heavy (non-hydrogen) atoms. The van der Waals surface area contributed by atoms with Crippen molar-refractivity contribution in [2.75, 3.05) is 26.2 Å². The molecule has 3 aliphatic heterocycles. The molecule has 3 N–H and O–H groups in total. The molecule has 5 amide bonds. The van der Waals surface area contributed by atoms with Gasteiger partial charge in [0, 0.05) is 48.9 Å². The fourth-order valence-corrected chi connectivity index (χ4v) is 11.1. The highest BCUT2D eigenvalue weighted by molar-refractivity contribution is 7.91. The Hall–Kier alpha value is -4.96. The van der Waals surface area contributed by atoms with Crippen LogP contribution in [0.25, 0.3) is 21.8 Å². The molecule has 2 saturated heterocycles. The van der Waals surface area contributed by atoms with Crippen LogP contribution in [0.3, 0.4) is 0 Å². The number of aromatic nitrogens is 2. The average molecular weight is 828 g/mol. The average Bonchev–Trinajstić information content (AvgIpc) is 4.05. The second-order valence-corrected chi connectivity index (χ2v) is 19.2. The number of fused-ring (bicyclic) bond motifs is 6. The molecule has 3 aliphatic carbocycles. The van der Waals surface area contributed by atoms with Crippen LogP contribution in [0.15, 0.2) is 55.3 Å². The van der Waals surface area contributed by atoms with Crippen LogP contribution < -0.4 is 20.1 Å². The third-order valence-electron chi connectivity index (χ3n) is 13.2. The Bertz CT molecular complexity index is 2340. The van der Waals surface area contributed by atoms with E-state index in [1.54, 1.807) is 4.90 Å². The molecule has 6 aliphatic rings. The third-order valence-corrected chi connectivity index (χ3v) is 15.0. The van der Waals surface area contributed by atoms with Gasteiger partial charge in [-0.05, 0) is 69.4 Å². The van der Waals surface area contributed by atoms with E-state index in [0.717, 1.165) is 65.9 Å². The number of benzene rings is 1. The van der Waals surface area contributed by atoms with Gasteiger partial charge in [0.1, 0.15) is 29.2 Å². The molecule has 15 nitrogen and oxygen atoms in total. The summed E-state index contributed by atoms with van der Waals surface area (Å²) in [5.74, 6) is -2.10. The topological polar surface area (TPSA) is 181 Å². The molecule has 314 valence electrons. The van der Waals surface area contributed by atoms with Gasteiger partial charge in [0.15, 0.2) is 0 Å². The number of carbonyl (C=O) groups is 4. The van der Waals surface area contributed by atoms with E-state index in [9.17, 15) is 22.8 Å². The quantitative estimate of drug-likeness (QED) is 0.299. The van der Waals surface area contributed by atoms with Gasteiger partial charge in [-0.15, -0.1) is 6.58 Å². The van der Waals surface area contributed by atoms with Crippen LogP contribution in [0.2, 0.25) is 0 Å². The summed E-state index contributed by atoms with van der Waals surface area (Å²) >= 11 is 0. The molecular weight excluding hydrogens is 775 g/mol. The van der Waals surface area contributed by atoms with Crippen molar-refractivity contribution in [2.45, 2.75) is 113 Å². The van der Waals surface area contributed by atoms with Crippen molar-refractivity contribution >= 4 is 55.6 Å². The van der Waals surface area contributed by atoms with Crippen LogP contribution in [0, 0.1) is 18.8 Å². The Morgan fingerprint density at radius 1 is 1.03 bits per heavy atom. The Balaban J connectivity index is 1.09. The van der Waals surface area contributed by atoms with Gasteiger partial charge in [-0.25, -0.2) is 18.2 Å². The number of carbonyl (C=O) groups excluding carboxylic acids is 4. The van der Waals surface area contributed by atoms with Crippen LogP contribution in [0.4, 0.5) is 4.79 Å². The summed E-state index contributed by atoms with van der Waals surface area (Å²) in [5, 5.41) is 7.33. The fraction of sp³-hybridized carbons (Fsp3) is 0.558. The summed E-state index contributed by atoms with van der Waals surface area (Å²) < 4.78 is 43.1. The van der Waals surface area contributed by atoms with E-state index in [4.69, 9.17) is 14.5 Å². The van der Waals surface area contributed by atoms with Crippen molar-refractivity contribution < 1.29 is 37.1 Å². The van der Waals surface area contributed by atoms with E-state index in [1.807, 2.05) is 36.4 Å². The van der Waals surface area contributed by atoms with E-state index in [1.165, 1.54) is 11.0 Å². The van der Waals surface area contributed by atoms with E-state index < -0.39 is 62.6 Å². The highest BCUT2D eigenvalue weighted by Gasteiger charge is 2.62. The molecule has 3 aromatic rings. The number of urea groups is 1. The molecule has 16 heteroatoms. The maximum atomic E-state index is 15.1. The molecule has 2 aromatic heterocycles. The highest BCUT2D eigenvalue weighted by atomic mass is 32.2. The lowest BCUT2D eigenvalue weighted by molar-refractivity contribution is -0.142. The van der Waals surface area contributed by atoms with Crippen LogP contribution in [-0.4, -0.2) is 113 Å². The van der Waals surface area contributed by atoms with Crippen molar-refractivity contribution in [3.63, 3.8) is 0 Å². The summed E-state index contributed by atoms with van der Waals surface area (Å²) in [5.41, 5.74) is 1.03. The molecular formula is C43H53N7O8S. The Morgan fingerprint density at radius 3 is 2.59 bits per heavy atom. The number of pyridine rings is 1. The monoisotopic (exact) mass is 827 g/mol. The summed E-state index contributed by atoms with van der Waals surface area (Å²) in [4.78, 5) is 65.6. The molecule has 3 saturated carbocycles. The first-order valence-electron chi connectivity index (χ1n) is 21.1. The maximum absolute atomic E-state index is 15.1. The highest BCUT2D eigenvalue weighted by Crippen LogP contribution is 2.46. The summed E-state index contributed by atoms with van der Waals surface area (Å²) in [6, 6.07) is 5.51. The number of allylic oxidation sites excluding steroid dienone is 1. The molecule has 6 atom stereocenters. The molecule has 5 heterocycles. The standard InChI is InChI=1S/C43H53N7O8S/c1-3-28-22-43(28,41(53)47-59(55,56)31-16-17-31)46-38(51)34-21-30-25-50(34)40(52)36(27-11-4-5-12-27)45-42(54)49-19-10-13-29(24-49)57-20-9-8-18-48-23-26(2)35-32-14-6-7-15-33(32)44-39(58-30)37(35)48/h3,6-9,14-15,23,27-31,34,36H,1,4-5,10-13,16-22,24-25H2,2H3,(H,45,54)(H,46,51)(H,47,53)/b9-8+/t28?,29-,30-,34+,36+,43-/m1/s1. The van der Waals surface area contributed by atoms with Gasteiger partial charge in [-0.2, -0.15) is 0 Å². The lowest BCUT2D eigenvalue weighted by Crippen LogP contribution is -2.60. The normalized spacial score (nSPS) is 29.9. The minimum atomic E-state index is -3.90. The predicted octanol–water partition coefficient (Wildman–Crippen LogP) is 3.83. The van der Waals surface area contributed by atoms with Crippen molar-refractivity contribution in [2.24, 2.45) is 11.8 Å². The van der Waals surface area contributed by atoms with Gasteiger partial charge in [-0.3, -0.25) is 19.1 Å². The van der Waals surface area contributed by atoms with E-state index in [0.29, 0.717) is 45.0 Å². The molecule has 0 spiro atoms. The first kappa shape index (κ1) is 39.5. The number of hydrogen-bond donors (Lipinski definition) is 3. The molecule has 1 aromatic carbocycles. The van der Waals surface area contributed by atoms with Crippen molar-refractivity contribution in [3.8, 4) is 5.88 Å². The number of rotatable bonds is 7. The lowest BCUT2D eigenvalue weighted by Gasteiger charge is -2.36. The van der Waals surface area contributed by atoms with Crippen LogP contribution in [0.5, 0.6) is 5.88 Å². The number of piperidine rings is 1. The van der Waals surface area contributed by atoms with Gasteiger partial charge in [0.05, 0.1) is 30.0 Å². The Kier molecular flexibility index (Phi) is 10.4. The maximum Gasteiger partial charge on any atom is 0.318 e. The molecule has 0 radical (unpaired) electrons. The number of nitrogens with zero attached hydrogens (tertiary/aromatic N) is 4. The van der Waals surface area contributed by atoms with Crippen LogP contribution in [0.1, 0.15) is 69.8 Å². The van der Waals surface area contributed by atoms with E-state index in [2.05, 4.69) is 39.6 Å². The van der Waals surface area contributed by atoms with Gasteiger partial charge < -0.3 is 34.5 Å². The number of nitrogens with one attached hydrogen (secondary N) is 3. The van der Waals surface area contributed by atoms with Crippen LogP contribution >= 0.6 is 0 Å². The molecule has 1 unspecified atom stereocenters. The minimum absolute atomic E-state index is 0.0192. The largest absolute Gasteiger partial charge is 0.471 e. The third kappa shape index (κ3) is 7.58. The Morgan fingerprint density at radius 2 is 1.83 bits per heavy atom. The number of sulfonamides is 1. The predicted molar refractivity (Wildman–Crippen MR) is 220 cm³/mol. The van der Waals surface area contributed by atoms with Crippen molar-refractivity contribution in [1.82, 2.24) is 34.7 Å². The lowest BCUT2D eigenvalue weighted by atomic mass is 9.96. The van der Waals surface area contributed by atoms with E-state index >= 15 is 4.79 Å². The zero-order chi connectivity index (χ0) is 41.1. The SMILES string of the molecule is C=CC1C[C@]1(NC(=O)[C@@H]1C[C@@H]2CN1C(=O)[C@H](C1CCCC1)NC(=O)N1CCC[C@H](C1)OC/C=C/Cn1cc(C)c3c4ccccc4nc(c31)O2)C(=O)NS(=O)(=O)C1CC1. The van der Waals surface area contributed by atoms with Gasteiger partial charge in [0.25, 0.3) is 5.91 Å². The number of para-hydroxylation sites is 1. The Labute approximate surface area is 344 Å². The number of amides is 5. The van der Waals surface area contributed by atoms with Gasteiger partial charge >= 0.3 is 6.03 Å². The number of aryl methyl sites for hydroxylation is 1. The minimum Gasteiger partial charge on any atom is -0.471 e. The van der Waals surface area contributed by atoms with Gasteiger partial charge in [0.2, 0.25) is 27.7 Å². The molecule has 4 bridgehead atoms. The first-order valence-corrected chi connectivity index (χ1v) is 22.7. The number of ether oxygens (including phenoxy) is 2.